The number of fused-ring (bicyclic) bond motifs is 2. The topological polar surface area (TPSA) is 224 Å². The number of hydrogen-bond acceptors (Lipinski definition) is 14. The molecule has 5 atom stereocenters. The molecule has 6 N–H and O–H groups in total. The predicted octanol–water partition coefficient (Wildman–Crippen LogP) is 5.12. The van der Waals surface area contributed by atoms with Crippen molar-refractivity contribution in [2.75, 3.05) is 48.3 Å². The number of para-hydroxylation sites is 1. The van der Waals surface area contributed by atoms with Gasteiger partial charge in [-0.05, 0) is 130 Å². The Morgan fingerprint density at radius 2 is 1.56 bits per heavy atom. The summed E-state index contributed by atoms with van der Waals surface area (Å²) in [5.41, 5.74) is 11.1. The lowest BCUT2D eigenvalue weighted by Gasteiger charge is -2.60. The second-order valence-electron chi connectivity index (χ2n) is 22.9. The summed E-state index contributed by atoms with van der Waals surface area (Å²) in [4.78, 5) is 64.8. The molecular weight excluding hydrogens is 923 g/mol. The molecule has 2 aromatic carbocycles. The van der Waals surface area contributed by atoms with Crippen molar-refractivity contribution in [1.29, 1.82) is 0 Å². The average molecular weight is 992 g/mol. The average Bonchev–Trinajstić information content (AvgIpc) is 4.05. The zero-order valence-corrected chi connectivity index (χ0v) is 42.4. The maximum atomic E-state index is 14.3. The standard InChI is InChI=1S/C55H69N13O5/c1-33-57-17-20-66(33)38-11-9-34(10-12-38)27-58-51(72)46-21-42(69)32-67(46)52(73)48(54(2,3)4)61-50(71)36-23-55(24-36)25-41(26-55)64-18-15-35(16-19-64)37-28-59-53(60-29-37)68-39-13-14-40(68)31-65(30-39)45-22-44(62-63-49(45)56)43-7-5-6-8-47(43)70/h5-12,17,20,22,28-29,35-36,39-42,46,48,69-70H,13-16,18-19,21,23-27,30-32H2,1-4H3,(H2,56,63)(H,58,72)(H,61,71)/t36?,39?,40?,41?,42-,46+,48-,55?/m1/s1. The minimum Gasteiger partial charge on any atom is -0.507 e. The van der Waals surface area contributed by atoms with E-state index >= 15 is 0 Å². The molecule has 2 saturated carbocycles. The van der Waals surface area contributed by atoms with Crippen molar-refractivity contribution >= 4 is 35.2 Å². The Balaban J connectivity index is 0.631. The molecular formula is C55H69N13O5. The highest BCUT2D eigenvalue weighted by atomic mass is 16.3. The summed E-state index contributed by atoms with van der Waals surface area (Å²) in [6.07, 6.45) is 15.1. The Morgan fingerprint density at radius 3 is 2.22 bits per heavy atom. The molecule has 18 heteroatoms. The number of phenolic OH excluding ortho intramolecular Hbond substituents is 1. The number of aliphatic hydroxyl groups is 1. The molecule has 3 amide bonds. The fraction of sp³-hybridized carbons (Fsp3) is 0.527. The number of β-amino-alcohol motifs (C(OH)–C–C–N with tert-alkyl or cyclic N) is 1. The van der Waals surface area contributed by atoms with Crippen molar-refractivity contribution in [3.63, 3.8) is 0 Å². The Labute approximate surface area is 426 Å². The van der Waals surface area contributed by atoms with Gasteiger partial charge in [0, 0.05) is 92.7 Å². The van der Waals surface area contributed by atoms with Crippen molar-refractivity contribution < 1.29 is 24.6 Å². The van der Waals surface area contributed by atoms with Gasteiger partial charge in [0.05, 0.1) is 17.5 Å². The zero-order valence-electron chi connectivity index (χ0n) is 42.4. The number of aromatic hydroxyl groups is 1. The number of carbonyl (C=O) groups excluding carboxylic acids is 3. The summed E-state index contributed by atoms with van der Waals surface area (Å²) >= 11 is 0. The highest BCUT2D eigenvalue weighted by molar-refractivity contribution is 5.93. The van der Waals surface area contributed by atoms with Gasteiger partial charge >= 0.3 is 0 Å². The SMILES string of the molecule is Cc1nccn1-c1ccc(CNC(=O)[C@@H]2C[C@@H](O)CN2C(=O)[C@@H](NC(=O)C2CC3(C2)CC(N2CCC(c4cnc(N5C6CCC5CN(c5cc(-c7ccccc7O)nnc5N)C6)nc4)CC2)C3)C(C)(C)C)cc1. The number of hydrogen-bond donors (Lipinski definition) is 5. The molecule has 2 bridgehead atoms. The lowest BCUT2D eigenvalue weighted by molar-refractivity contribution is -0.150. The molecule has 4 aliphatic heterocycles. The van der Waals surface area contributed by atoms with Crippen LogP contribution >= 0.6 is 0 Å². The first-order valence-corrected chi connectivity index (χ1v) is 26.3. The summed E-state index contributed by atoms with van der Waals surface area (Å²) in [6, 6.07) is 16.2. The molecule has 18 nitrogen and oxygen atoms in total. The second-order valence-corrected chi connectivity index (χ2v) is 22.9. The lowest BCUT2D eigenvalue weighted by atomic mass is 9.49. The normalized spacial score (nSPS) is 26.6. The number of amides is 3. The highest BCUT2D eigenvalue weighted by Crippen LogP contribution is 2.60. The van der Waals surface area contributed by atoms with E-state index in [1.165, 1.54) is 10.5 Å². The number of aryl methyl sites for hydroxylation is 1. The molecule has 6 fully saturated rings. The van der Waals surface area contributed by atoms with Crippen molar-refractivity contribution in [2.45, 2.75) is 134 Å². The predicted molar refractivity (Wildman–Crippen MR) is 276 cm³/mol. The van der Waals surface area contributed by atoms with E-state index in [9.17, 15) is 24.6 Å². The third kappa shape index (κ3) is 9.59. The van der Waals surface area contributed by atoms with Gasteiger partial charge in [-0.2, -0.15) is 0 Å². The van der Waals surface area contributed by atoms with Crippen LogP contribution in [0.2, 0.25) is 0 Å². The van der Waals surface area contributed by atoms with E-state index in [0.717, 1.165) is 106 Å². The number of carbonyl (C=O) groups is 3. The fourth-order valence-electron chi connectivity index (χ4n) is 13.0. The summed E-state index contributed by atoms with van der Waals surface area (Å²) in [6.45, 7) is 11.6. The molecule has 73 heavy (non-hydrogen) atoms. The van der Waals surface area contributed by atoms with Gasteiger partial charge in [-0.1, -0.05) is 45.0 Å². The van der Waals surface area contributed by atoms with Crippen LogP contribution in [0.15, 0.2) is 79.4 Å². The maximum absolute atomic E-state index is 14.3. The molecule has 6 aliphatic rings. The summed E-state index contributed by atoms with van der Waals surface area (Å²) in [5.74, 6) is 1.70. The Morgan fingerprint density at radius 1 is 0.863 bits per heavy atom. The number of nitrogens with zero attached hydrogens (tertiary/aromatic N) is 10. The molecule has 0 radical (unpaired) electrons. The number of piperazine rings is 1. The van der Waals surface area contributed by atoms with E-state index in [-0.39, 0.29) is 66.4 Å². The number of nitrogens with one attached hydrogen (secondary N) is 2. The number of imidazole rings is 1. The van der Waals surface area contributed by atoms with Gasteiger partial charge < -0.3 is 50.7 Å². The zero-order chi connectivity index (χ0) is 50.8. The van der Waals surface area contributed by atoms with Crippen LogP contribution in [0.3, 0.4) is 0 Å². The van der Waals surface area contributed by atoms with E-state index < -0.39 is 23.6 Å². The van der Waals surface area contributed by atoms with Crippen LogP contribution in [0.4, 0.5) is 17.5 Å². The van der Waals surface area contributed by atoms with Gasteiger partial charge in [0.2, 0.25) is 23.7 Å². The monoisotopic (exact) mass is 992 g/mol. The van der Waals surface area contributed by atoms with E-state index in [4.69, 9.17) is 15.7 Å². The number of rotatable bonds is 12. The first kappa shape index (κ1) is 48.6. The number of nitrogen functional groups attached to an aromatic ring is 1. The van der Waals surface area contributed by atoms with Crippen LogP contribution in [-0.2, 0) is 20.9 Å². The molecule has 4 saturated heterocycles. The third-order valence-corrected chi connectivity index (χ3v) is 17.0. The largest absolute Gasteiger partial charge is 0.507 e. The number of phenols is 1. The number of nitrogens with two attached hydrogens (primary N) is 1. The quantitative estimate of drug-likeness (QED) is 0.110. The van der Waals surface area contributed by atoms with E-state index in [0.29, 0.717) is 29.0 Å². The van der Waals surface area contributed by atoms with Crippen molar-refractivity contribution in [1.82, 2.24) is 50.1 Å². The van der Waals surface area contributed by atoms with Gasteiger partial charge in [-0.15, -0.1) is 10.2 Å². The molecule has 384 valence electrons. The van der Waals surface area contributed by atoms with Gasteiger partial charge in [-0.3, -0.25) is 14.4 Å². The summed E-state index contributed by atoms with van der Waals surface area (Å²) < 4.78 is 1.98. The number of aliphatic hydroxyl groups excluding tert-OH is 1. The second kappa shape index (κ2) is 19.3. The Bertz CT molecular complexity index is 2810. The van der Waals surface area contributed by atoms with Crippen LogP contribution in [0, 0.1) is 23.7 Å². The van der Waals surface area contributed by atoms with Crippen LogP contribution in [0.1, 0.15) is 101 Å². The molecule has 3 aromatic heterocycles. The number of likely N-dealkylation sites (tertiary alicyclic amines) is 2. The van der Waals surface area contributed by atoms with Gasteiger partial charge in [0.15, 0.2) is 5.82 Å². The molecule has 7 heterocycles. The van der Waals surface area contributed by atoms with Crippen LogP contribution in [0.5, 0.6) is 5.75 Å². The molecule has 11 rings (SSSR count). The maximum Gasteiger partial charge on any atom is 0.246 e. The smallest absolute Gasteiger partial charge is 0.246 e. The van der Waals surface area contributed by atoms with E-state index in [1.807, 2.05) is 93.3 Å². The lowest BCUT2D eigenvalue weighted by Crippen LogP contribution is -2.62. The van der Waals surface area contributed by atoms with E-state index in [1.54, 1.807) is 18.3 Å². The number of anilines is 3. The Kier molecular flexibility index (Phi) is 12.9. The minimum atomic E-state index is -0.844. The van der Waals surface area contributed by atoms with Crippen molar-refractivity contribution in [2.24, 2.45) is 16.7 Å². The first-order chi connectivity index (χ1) is 35.1. The number of benzene rings is 2. The first-order valence-electron chi connectivity index (χ1n) is 26.3. The van der Waals surface area contributed by atoms with Gasteiger partial charge in [0.1, 0.15) is 23.7 Å². The molecule has 2 unspecified atom stereocenters. The molecule has 1 spiro atoms. The molecule has 2 aliphatic carbocycles. The third-order valence-electron chi connectivity index (χ3n) is 17.0. The fourth-order valence-corrected chi connectivity index (χ4v) is 13.0. The van der Waals surface area contributed by atoms with Crippen molar-refractivity contribution in [3.8, 4) is 22.7 Å². The van der Waals surface area contributed by atoms with E-state index in [2.05, 4.69) is 40.5 Å². The van der Waals surface area contributed by atoms with Gasteiger partial charge in [0.25, 0.3) is 0 Å². The summed E-state index contributed by atoms with van der Waals surface area (Å²) in [5, 5.41) is 35.8. The van der Waals surface area contributed by atoms with Crippen LogP contribution < -0.4 is 26.2 Å². The summed E-state index contributed by atoms with van der Waals surface area (Å²) in [7, 11) is 0. The number of piperidine rings is 1. The van der Waals surface area contributed by atoms with Gasteiger partial charge in [-0.25, -0.2) is 15.0 Å². The van der Waals surface area contributed by atoms with Crippen molar-refractivity contribution in [3.05, 3.63) is 96.3 Å². The highest BCUT2D eigenvalue weighted by Gasteiger charge is 2.57. The Hall–Kier alpha value is -6.66. The minimum absolute atomic E-state index is 0.0399. The number of aromatic nitrogens is 6. The van der Waals surface area contributed by atoms with Crippen LogP contribution in [-0.4, -0.2) is 136 Å². The van der Waals surface area contributed by atoms with Crippen LogP contribution in [0.25, 0.3) is 16.9 Å². The molecule has 5 aromatic rings.